The molecule has 3 aliphatic rings. The Morgan fingerprint density at radius 3 is 1.98 bits per heavy atom. The van der Waals surface area contributed by atoms with Gasteiger partial charge in [0, 0.05) is 49.0 Å². The van der Waals surface area contributed by atoms with Crippen LogP contribution in [-0.4, -0.2) is 129 Å². The first-order valence-electron chi connectivity index (χ1n) is 19.8. The first-order valence-corrected chi connectivity index (χ1v) is 19.8. The molecule has 0 unspecified atom stereocenters. The minimum absolute atomic E-state index is 0.0884. The van der Waals surface area contributed by atoms with Gasteiger partial charge in [0.2, 0.25) is 0 Å². The topological polar surface area (TPSA) is 117 Å². The first kappa shape index (κ1) is 41.6. The molecule has 0 bridgehead atoms. The molecule has 0 aliphatic carbocycles. The van der Waals surface area contributed by atoms with E-state index < -0.39 is 11.9 Å². The van der Waals surface area contributed by atoms with Crippen LogP contribution >= 0.6 is 0 Å². The number of nitrogens with zero attached hydrogens (tertiary/aromatic N) is 2. The second-order valence-electron chi connectivity index (χ2n) is 15.1. The van der Waals surface area contributed by atoms with Crippen molar-refractivity contribution in [2.75, 3.05) is 108 Å². The minimum Gasteiger partial charge on any atom is -0.493 e. The number of rotatable bonds is 18. The van der Waals surface area contributed by atoms with Crippen molar-refractivity contribution in [3.63, 3.8) is 0 Å². The SMILES string of the molecule is COc1ccc(C[C@@H]2c3cc(OC)c(OC)cc3CC[N@@+]2(C)CCCOC(=O)/C=C\C(=O)OCCC[N+]2(Cc3ccc4c(c3)OCCO4)CCOCC2)cc1OC. The smallest absolute Gasteiger partial charge is 0.331 e. The summed E-state index contributed by atoms with van der Waals surface area (Å²) in [4.78, 5) is 25.2. The Bertz CT molecular complexity index is 1870. The highest BCUT2D eigenvalue weighted by molar-refractivity contribution is 5.91. The van der Waals surface area contributed by atoms with Crippen molar-refractivity contribution in [2.24, 2.45) is 0 Å². The van der Waals surface area contributed by atoms with E-state index in [0.29, 0.717) is 62.3 Å². The number of benzene rings is 3. The average Bonchev–Trinajstić information content (AvgIpc) is 3.24. The van der Waals surface area contributed by atoms with Crippen LogP contribution in [0.15, 0.2) is 60.7 Å². The van der Waals surface area contributed by atoms with E-state index in [0.717, 1.165) is 90.3 Å². The number of hydrogen-bond donors (Lipinski definition) is 0. The van der Waals surface area contributed by atoms with Crippen LogP contribution in [-0.2, 0) is 43.2 Å². The molecule has 3 aromatic carbocycles. The third-order valence-electron chi connectivity index (χ3n) is 11.5. The minimum atomic E-state index is -0.574. The van der Waals surface area contributed by atoms with Crippen LogP contribution in [0.4, 0.5) is 0 Å². The van der Waals surface area contributed by atoms with Gasteiger partial charge in [0.15, 0.2) is 34.5 Å². The van der Waals surface area contributed by atoms with Crippen LogP contribution in [0, 0.1) is 0 Å². The molecule has 1 fully saturated rings. The van der Waals surface area contributed by atoms with Crippen LogP contribution in [0.3, 0.4) is 0 Å². The summed E-state index contributed by atoms with van der Waals surface area (Å²) >= 11 is 0. The second kappa shape index (κ2) is 19.4. The molecule has 0 spiro atoms. The molecular formula is C44H58N2O11+2. The van der Waals surface area contributed by atoms with Gasteiger partial charge in [-0.3, -0.25) is 0 Å². The van der Waals surface area contributed by atoms with Crippen molar-refractivity contribution in [2.45, 2.75) is 38.3 Å². The van der Waals surface area contributed by atoms with Crippen molar-refractivity contribution >= 4 is 11.9 Å². The summed E-state index contributed by atoms with van der Waals surface area (Å²) in [5.74, 6) is 3.19. The molecule has 2 atom stereocenters. The molecule has 0 saturated carbocycles. The molecular weight excluding hydrogens is 732 g/mol. The van der Waals surface area contributed by atoms with Gasteiger partial charge >= 0.3 is 11.9 Å². The van der Waals surface area contributed by atoms with Crippen molar-refractivity contribution in [3.05, 3.63) is 82.9 Å². The van der Waals surface area contributed by atoms with Gasteiger partial charge in [-0.05, 0) is 53.6 Å². The lowest BCUT2D eigenvalue weighted by molar-refractivity contribution is -0.947. The Morgan fingerprint density at radius 1 is 0.684 bits per heavy atom. The highest BCUT2D eigenvalue weighted by Gasteiger charge is 2.40. The number of methoxy groups -OCH3 is 4. The van der Waals surface area contributed by atoms with E-state index >= 15 is 0 Å². The summed E-state index contributed by atoms with van der Waals surface area (Å²) in [6.45, 7) is 8.04. The van der Waals surface area contributed by atoms with E-state index in [1.807, 2.05) is 18.2 Å². The maximum Gasteiger partial charge on any atom is 0.331 e. The Balaban J connectivity index is 0.990. The monoisotopic (exact) mass is 790 g/mol. The van der Waals surface area contributed by atoms with Crippen LogP contribution in [0.5, 0.6) is 34.5 Å². The summed E-state index contributed by atoms with van der Waals surface area (Å²) < 4.78 is 52.2. The molecule has 13 nitrogen and oxygen atoms in total. The van der Waals surface area contributed by atoms with E-state index in [1.165, 1.54) is 16.7 Å². The van der Waals surface area contributed by atoms with Gasteiger partial charge in [-0.15, -0.1) is 0 Å². The lowest BCUT2D eigenvalue weighted by atomic mass is 9.86. The lowest BCUT2D eigenvalue weighted by Crippen LogP contribution is -2.55. The molecule has 3 aliphatic heterocycles. The number of ether oxygens (including phenoxy) is 9. The number of carbonyl (C=O) groups excluding carboxylic acids is 2. The average molecular weight is 791 g/mol. The Hall–Kier alpha value is -4.98. The quantitative estimate of drug-likeness (QED) is 0.0729. The zero-order chi connectivity index (χ0) is 40.3. The zero-order valence-corrected chi connectivity index (χ0v) is 34.0. The molecule has 13 heteroatoms. The Labute approximate surface area is 336 Å². The fraction of sp³-hybridized carbons (Fsp3) is 0.500. The summed E-state index contributed by atoms with van der Waals surface area (Å²) in [6, 6.07) is 16.5. The molecule has 57 heavy (non-hydrogen) atoms. The molecule has 1 saturated heterocycles. The van der Waals surface area contributed by atoms with Crippen molar-refractivity contribution in [1.29, 1.82) is 0 Å². The van der Waals surface area contributed by atoms with E-state index in [-0.39, 0.29) is 19.3 Å². The molecule has 3 heterocycles. The van der Waals surface area contributed by atoms with Gasteiger partial charge in [-0.1, -0.05) is 6.07 Å². The normalized spacial score (nSPS) is 19.6. The summed E-state index contributed by atoms with van der Waals surface area (Å²) in [5.41, 5.74) is 4.73. The zero-order valence-electron chi connectivity index (χ0n) is 34.0. The standard InChI is InChI=1S/C44H58N2O11/c1-45(17-14-34-29-40(51-4)41(52-5)30-35(34)36(45)26-32-8-10-37(49-2)39(27-32)50-3)15-6-20-56-43(47)12-13-44(48)57-21-7-16-46(18-22-53-23-19-46)31-33-9-11-38-42(28-33)55-25-24-54-38/h8-13,27-30,36H,6-7,14-26,31H2,1-5H3/q+2/b13-12-/t36-,45-/m1/s1. The van der Waals surface area contributed by atoms with E-state index in [9.17, 15) is 9.59 Å². The third kappa shape index (κ3) is 10.5. The number of fused-ring (bicyclic) bond motifs is 2. The molecule has 0 amide bonds. The second-order valence-corrected chi connectivity index (χ2v) is 15.1. The summed E-state index contributed by atoms with van der Waals surface area (Å²) in [6.07, 6.45) is 5.23. The fourth-order valence-corrected chi connectivity index (χ4v) is 8.33. The molecule has 308 valence electrons. The van der Waals surface area contributed by atoms with E-state index in [4.69, 9.17) is 42.6 Å². The highest BCUT2D eigenvalue weighted by Crippen LogP contribution is 2.43. The van der Waals surface area contributed by atoms with Gasteiger partial charge in [-0.25, -0.2) is 9.59 Å². The van der Waals surface area contributed by atoms with Crippen molar-refractivity contribution in [1.82, 2.24) is 0 Å². The van der Waals surface area contributed by atoms with Crippen molar-refractivity contribution < 1.29 is 61.2 Å². The van der Waals surface area contributed by atoms with Crippen LogP contribution in [0.2, 0.25) is 0 Å². The fourth-order valence-electron chi connectivity index (χ4n) is 8.33. The van der Waals surface area contributed by atoms with Crippen LogP contribution in [0.25, 0.3) is 0 Å². The third-order valence-corrected chi connectivity index (χ3v) is 11.5. The van der Waals surface area contributed by atoms with Gasteiger partial charge in [-0.2, -0.15) is 0 Å². The summed E-state index contributed by atoms with van der Waals surface area (Å²) in [5, 5.41) is 0. The Kier molecular flexibility index (Phi) is 14.2. The molecule has 3 aromatic rings. The van der Waals surface area contributed by atoms with Gasteiger partial charge < -0.3 is 51.6 Å². The van der Waals surface area contributed by atoms with Gasteiger partial charge in [0.1, 0.15) is 38.9 Å². The number of hydrogen-bond acceptors (Lipinski definition) is 11. The Morgan fingerprint density at radius 2 is 1.30 bits per heavy atom. The van der Waals surface area contributed by atoms with E-state index in [2.05, 4.69) is 37.4 Å². The molecule has 0 aromatic heterocycles. The number of likely N-dealkylation sites (N-methyl/N-ethyl adjacent to an activating group) is 1. The number of quaternary nitrogens is 2. The van der Waals surface area contributed by atoms with Gasteiger partial charge in [0.05, 0.1) is 81.5 Å². The van der Waals surface area contributed by atoms with Crippen molar-refractivity contribution in [3.8, 4) is 34.5 Å². The lowest BCUT2D eigenvalue weighted by Gasteiger charge is -2.46. The summed E-state index contributed by atoms with van der Waals surface area (Å²) in [7, 11) is 8.84. The molecule has 0 radical (unpaired) electrons. The predicted molar refractivity (Wildman–Crippen MR) is 212 cm³/mol. The van der Waals surface area contributed by atoms with Crippen LogP contribution in [0.1, 0.15) is 41.1 Å². The van der Waals surface area contributed by atoms with Crippen LogP contribution < -0.4 is 28.4 Å². The maximum absolute atomic E-state index is 12.6. The largest absolute Gasteiger partial charge is 0.493 e. The predicted octanol–water partition coefficient (Wildman–Crippen LogP) is 5.25. The molecule has 6 rings (SSSR count). The first-order chi connectivity index (χ1) is 27.7. The number of morpholine rings is 1. The maximum atomic E-state index is 12.6. The highest BCUT2D eigenvalue weighted by atomic mass is 16.6. The van der Waals surface area contributed by atoms with Gasteiger partial charge in [0.25, 0.3) is 0 Å². The number of esters is 2. The molecule has 0 N–H and O–H groups in total. The number of carbonyl (C=O) groups is 2. The van der Waals surface area contributed by atoms with E-state index in [1.54, 1.807) is 28.4 Å².